The van der Waals surface area contributed by atoms with E-state index in [0.717, 1.165) is 18.5 Å². The Morgan fingerprint density at radius 1 is 1.29 bits per heavy atom. The first-order chi connectivity index (χ1) is 19.1. The molecule has 1 aliphatic carbocycles. The van der Waals surface area contributed by atoms with Crippen molar-refractivity contribution >= 4 is 35.3 Å². The predicted octanol–water partition coefficient (Wildman–Crippen LogP) is 7.21. The Labute approximate surface area is 243 Å². The number of hydrogen-bond acceptors (Lipinski definition) is 7. The topological polar surface area (TPSA) is 135 Å². The highest BCUT2D eigenvalue weighted by molar-refractivity contribution is 6.33. The lowest BCUT2D eigenvalue weighted by molar-refractivity contribution is -0.115. The van der Waals surface area contributed by atoms with E-state index in [-0.39, 0.29) is 57.0 Å². The number of ether oxygens (including phenoxy) is 1. The molecular formula is C29H34ClFN6O4. The molecule has 2 heterocycles. The van der Waals surface area contributed by atoms with E-state index in [0.29, 0.717) is 5.92 Å². The summed E-state index contributed by atoms with van der Waals surface area (Å²) >= 11 is 6.42. The third-order valence-corrected chi connectivity index (χ3v) is 7.08. The fourth-order valence-electron chi connectivity index (χ4n) is 4.91. The summed E-state index contributed by atoms with van der Waals surface area (Å²) in [7, 11) is 0. The number of carbonyl (C=O) groups is 2. The smallest absolute Gasteiger partial charge is 0.413 e. The van der Waals surface area contributed by atoms with E-state index in [1.54, 1.807) is 26.8 Å². The van der Waals surface area contributed by atoms with E-state index in [2.05, 4.69) is 34.7 Å². The third-order valence-electron chi connectivity index (χ3n) is 6.71. The van der Waals surface area contributed by atoms with Crippen LogP contribution in [0.25, 0.3) is 11.3 Å². The van der Waals surface area contributed by atoms with Gasteiger partial charge in [-0.1, -0.05) is 42.7 Å². The second kappa shape index (κ2) is 11.2. The largest absolute Gasteiger partial charge is 0.444 e. The van der Waals surface area contributed by atoms with Crippen molar-refractivity contribution in [1.29, 1.82) is 5.26 Å². The van der Waals surface area contributed by atoms with Crippen molar-refractivity contribution in [1.82, 2.24) is 14.9 Å². The van der Waals surface area contributed by atoms with Crippen molar-refractivity contribution in [2.24, 2.45) is 5.41 Å². The molecule has 218 valence electrons. The summed E-state index contributed by atoms with van der Waals surface area (Å²) in [6, 6.07) is 6.37. The summed E-state index contributed by atoms with van der Waals surface area (Å²) in [5.41, 5.74) is 0.555. The van der Waals surface area contributed by atoms with Gasteiger partial charge >= 0.3 is 6.09 Å². The number of rotatable bonds is 7. The monoisotopic (exact) mass is 584 g/mol. The molecular weight excluding hydrogens is 551 g/mol. The highest BCUT2D eigenvalue weighted by Crippen LogP contribution is 2.50. The molecule has 12 heteroatoms. The standard InChI is InChI=1S/C29H34ClFN6O4/c1-15(2)37-26(34-27(39)40-28(3,4)5)19(14-32)25(35-37)18-9-8-16(24(31)23(18)30)10-21(38)33-22-11-20(36-41-22)17-12-29(6,7)13-17/h8-9,11,15,17H,10,12-13H2,1-7H3,(H,33,38)(H,34,39). The zero-order chi connectivity index (χ0) is 30.3. The molecule has 2 amide bonds. The zero-order valence-corrected chi connectivity index (χ0v) is 24.9. The van der Waals surface area contributed by atoms with E-state index in [4.69, 9.17) is 20.9 Å². The molecule has 0 spiro atoms. The first-order valence-corrected chi connectivity index (χ1v) is 13.7. The lowest BCUT2D eigenvalue weighted by Crippen LogP contribution is -2.29. The lowest BCUT2D eigenvalue weighted by atomic mass is 9.63. The molecule has 1 saturated carbocycles. The van der Waals surface area contributed by atoms with Crippen LogP contribution in [-0.2, 0) is 16.0 Å². The number of amides is 2. The molecule has 1 aromatic carbocycles. The Morgan fingerprint density at radius 2 is 1.98 bits per heavy atom. The molecule has 0 radical (unpaired) electrons. The van der Waals surface area contributed by atoms with Gasteiger partial charge in [0, 0.05) is 23.6 Å². The van der Waals surface area contributed by atoms with Gasteiger partial charge in [0.05, 0.1) is 17.1 Å². The van der Waals surface area contributed by atoms with Crippen molar-refractivity contribution in [3.8, 4) is 17.3 Å². The Bertz CT molecular complexity index is 1520. The van der Waals surface area contributed by atoms with Gasteiger partial charge in [-0.05, 0) is 58.4 Å². The minimum absolute atomic E-state index is 0.00711. The van der Waals surface area contributed by atoms with Crippen LogP contribution in [0, 0.1) is 22.6 Å². The maximum absolute atomic E-state index is 15.4. The van der Waals surface area contributed by atoms with Gasteiger partial charge in [0.2, 0.25) is 11.8 Å². The molecule has 0 unspecified atom stereocenters. The number of nitrogens with one attached hydrogen (secondary N) is 2. The van der Waals surface area contributed by atoms with Crippen molar-refractivity contribution in [2.45, 2.75) is 85.3 Å². The average Bonchev–Trinajstić information content (AvgIpc) is 3.43. The quantitative estimate of drug-likeness (QED) is 0.299. The first kappa shape index (κ1) is 30.1. The molecule has 1 aliphatic rings. The van der Waals surface area contributed by atoms with Crippen LogP contribution in [0.2, 0.25) is 5.02 Å². The van der Waals surface area contributed by atoms with Gasteiger partial charge in [-0.15, -0.1) is 0 Å². The molecule has 2 N–H and O–H groups in total. The number of carbonyl (C=O) groups excluding carboxylic acids is 2. The van der Waals surface area contributed by atoms with Gasteiger partial charge in [-0.2, -0.15) is 10.4 Å². The third kappa shape index (κ3) is 6.70. The Morgan fingerprint density at radius 3 is 2.56 bits per heavy atom. The summed E-state index contributed by atoms with van der Waals surface area (Å²) in [5, 5.41) is 23.4. The van der Waals surface area contributed by atoms with Crippen LogP contribution in [0.3, 0.4) is 0 Å². The maximum Gasteiger partial charge on any atom is 0.413 e. The van der Waals surface area contributed by atoms with Crippen LogP contribution < -0.4 is 10.6 Å². The Balaban J connectivity index is 1.54. The van der Waals surface area contributed by atoms with Crippen molar-refractivity contribution in [3.05, 3.63) is 45.9 Å². The maximum atomic E-state index is 15.4. The number of aromatic nitrogens is 3. The molecule has 2 aromatic heterocycles. The van der Waals surface area contributed by atoms with Crippen LogP contribution in [0.15, 0.2) is 22.7 Å². The van der Waals surface area contributed by atoms with Crippen LogP contribution >= 0.6 is 11.6 Å². The Kier molecular flexibility index (Phi) is 8.18. The van der Waals surface area contributed by atoms with E-state index >= 15 is 4.39 Å². The molecule has 0 bridgehead atoms. The molecule has 0 saturated heterocycles. The fourth-order valence-corrected chi connectivity index (χ4v) is 5.18. The molecule has 3 aromatic rings. The highest BCUT2D eigenvalue weighted by atomic mass is 35.5. The van der Waals surface area contributed by atoms with Gasteiger partial charge in [0.1, 0.15) is 28.7 Å². The number of benzene rings is 1. The van der Waals surface area contributed by atoms with E-state index in [1.165, 1.54) is 16.8 Å². The van der Waals surface area contributed by atoms with Crippen LogP contribution in [0.1, 0.15) is 90.1 Å². The summed E-state index contributed by atoms with van der Waals surface area (Å²) in [6.07, 6.45) is 0.904. The number of hydrogen-bond donors (Lipinski definition) is 2. The molecule has 0 atom stereocenters. The number of nitrogens with zero attached hydrogens (tertiary/aromatic N) is 4. The van der Waals surface area contributed by atoms with Crippen molar-refractivity contribution in [2.75, 3.05) is 10.6 Å². The zero-order valence-electron chi connectivity index (χ0n) is 24.2. The second-order valence-electron chi connectivity index (χ2n) is 12.4. The van der Waals surface area contributed by atoms with E-state index < -0.39 is 23.4 Å². The summed E-state index contributed by atoms with van der Waals surface area (Å²) in [6.45, 7) is 13.1. The molecule has 0 aliphatic heterocycles. The van der Waals surface area contributed by atoms with Crippen molar-refractivity contribution in [3.63, 3.8) is 0 Å². The van der Waals surface area contributed by atoms with Crippen LogP contribution in [0.5, 0.6) is 0 Å². The predicted molar refractivity (Wildman–Crippen MR) is 152 cm³/mol. The van der Waals surface area contributed by atoms with Crippen LogP contribution in [0.4, 0.5) is 20.9 Å². The molecule has 10 nitrogen and oxygen atoms in total. The van der Waals surface area contributed by atoms with Gasteiger partial charge in [0.15, 0.2) is 5.82 Å². The van der Waals surface area contributed by atoms with Gasteiger partial charge in [0.25, 0.3) is 0 Å². The number of halogens is 2. The molecule has 41 heavy (non-hydrogen) atoms. The number of anilines is 2. The first-order valence-electron chi connectivity index (χ1n) is 13.3. The SMILES string of the molecule is CC(C)n1nc(-c2ccc(CC(=O)Nc3cc(C4CC(C)(C)C4)no3)c(F)c2Cl)c(C#N)c1NC(=O)OC(C)(C)C. The Hall–Kier alpha value is -3.91. The van der Waals surface area contributed by atoms with Crippen LogP contribution in [-0.4, -0.2) is 32.5 Å². The van der Waals surface area contributed by atoms with Crippen molar-refractivity contribution < 1.29 is 23.2 Å². The molecule has 4 rings (SSSR count). The van der Waals surface area contributed by atoms with E-state index in [1.807, 2.05) is 19.9 Å². The average molecular weight is 585 g/mol. The molecule has 1 fully saturated rings. The summed E-state index contributed by atoms with van der Waals surface area (Å²) < 4.78 is 27.4. The normalized spacial score (nSPS) is 14.9. The lowest BCUT2D eigenvalue weighted by Gasteiger charge is -2.41. The van der Waals surface area contributed by atoms with Gasteiger partial charge in [-0.25, -0.2) is 13.9 Å². The second-order valence-corrected chi connectivity index (χ2v) is 12.7. The van der Waals surface area contributed by atoms with E-state index in [9.17, 15) is 14.9 Å². The minimum atomic E-state index is -0.820. The van der Waals surface area contributed by atoms with Gasteiger partial charge < -0.3 is 9.26 Å². The number of nitriles is 1. The minimum Gasteiger partial charge on any atom is -0.444 e. The summed E-state index contributed by atoms with van der Waals surface area (Å²) in [5.74, 6) is -0.737. The highest BCUT2D eigenvalue weighted by Gasteiger charge is 2.38. The summed E-state index contributed by atoms with van der Waals surface area (Å²) in [4.78, 5) is 25.1. The fraction of sp³-hybridized carbons (Fsp3) is 0.483. The van der Waals surface area contributed by atoms with Gasteiger partial charge in [-0.3, -0.25) is 15.4 Å².